The molecule has 18 heavy (non-hydrogen) atoms. The summed E-state index contributed by atoms with van der Waals surface area (Å²) in [6.07, 6.45) is 8.98. The van der Waals surface area contributed by atoms with Crippen LogP contribution < -0.4 is 5.73 Å². The third-order valence-corrected chi connectivity index (χ3v) is 4.34. The van der Waals surface area contributed by atoms with Crippen molar-refractivity contribution in [1.82, 2.24) is 9.80 Å². The highest BCUT2D eigenvalue weighted by Gasteiger charge is 2.23. The lowest BCUT2D eigenvalue weighted by atomic mass is 9.96. The van der Waals surface area contributed by atoms with Crippen molar-refractivity contribution >= 4 is 5.96 Å². The molecule has 2 fully saturated rings. The van der Waals surface area contributed by atoms with E-state index in [4.69, 9.17) is 10.7 Å². The maximum Gasteiger partial charge on any atom is 0.191 e. The predicted molar refractivity (Wildman–Crippen MR) is 76.8 cm³/mol. The van der Waals surface area contributed by atoms with E-state index in [0.29, 0.717) is 12.1 Å². The Hall–Kier alpha value is -0.770. The Bertz CT molecular complexity index is 282. The predicted octanol–water partition coefficient (Wildman–Crippen LogP) is 1.66. The van der Waals surface area contributed by atoms with Gasteiger partial charge in [0.25, 0.3) is 0 Å². The lowest BCUT2D eigenvalue weighted by Crippen LogP contribution is -2.50. The van der Waals surface area contributed by atoms with Crippen LogP contribution in [0.2, 0.25) is 0 Å². The second-order valence-electron chi connectivity index (χ2n) is 5.98. The molecule has 1 saturated heterocycles. The molecule has 2 aliphatic rings. The normalized spacial score (nSPS) is 27.8. The topological polar surface area (TPSA) is 44.9 Å². The third kappa shape index (κ3) is 3.61. The molecular formula is C14H28N4. The fraction of sp³-hybridized carbons (Fsp3) is 0.929. The first-order valence-corrected chi connectivity index (χ1v) is 7.41. The molecule has 104 valence electrons. The number of nitrogens with zero attached hydrogens (tertiary/aromatic N) is 3. The second kappa shape index (κ2) is 6.41. The van der Waals surface area contributed by atoms with Gasteiger partial charge in [0.2, 0.25) is 0 Å². The molecule has 2 rings (SSSR count). The summed E-state index contributed by atoms with van der Waals surface area (Å²) in [4.78, 5) is 9.34. The van der Waals surface area contributed by atoms with E-state index < -0.39 is 0 Å². The summed E-state index contributed by atoms with van der Waals surface area (Å²) in [5, 5.41) is 0. The summed E-state index contributed by atoms with van der Waals surface area (Å²) in [5.41, 5.74) is 6.20. The van der Waals surface area contributed by atoms with E-state index in [2.05, 4.69) is 23.9 Å². The molecule has 1 unspecified atom stereocenters. The standard InChI is InChI=1S/C14H28N4/c1-17(2)13-9-6-10-18(11-13)14(15)16-12-7-4-3-5-8-12/h12-13H,3-11H2,1-2H3,(H2,15,16). The van der Waals surface area contributed by atoms with Crippen LogP contribution in [-0.4, -0.2) is 55.0 Å². The van der Waals surface area contributed by atoms with E-state index >= 15 is 0 Å². The van der Waals surface area contributed by atoms with Gasteiger partial charge in [-0.25, -0.2) is 4.99 Å². The molecule has 4 heteroatoms. The third-order valence-electron chi connectivity index (χ3n) is 4.34. The van der Waals surface area contributed by atoms with E-state index in [9.17, 15) is 0 Å². The minimum Gasteiger partial charge on any atom is -0.370 e. The molecule has 0 spiro atoms. The maximum absolute atomic E-state index is 6.20. The first-order valence-electron chi connectivity index (χ1n) is 7.41. The van der Waals surface area contributed by atoms with Gasteiger partial charge in [-0.3, -0.25) is 0 Å². The molecule has 0 aromatic heterocycles. The number of rotatable bonds is 2. The Labute approximate surface area is 111 Å². The number of aliphatic imine (C=N–C) groups is 1. The van der Waals surface area contributed by atoms with E-state index in [1.165, 1.54) is 44.9 Å². The van der Waals surface area contributed by atoms with Gasteiger partial charge in [-0.15, -0.1) is 0 Å². The summed E-state index contributed by atoms with van der Waals surface area (Å²) >= 11 is 0. The molecule has 1 aliphatic heterocycles. The van der Waals surface area contributed by atoms with Crippen LogP contribution in [0.4, 0.5) is 0 Å². The summed E-state index contributed by atoms with van der Waals surface area (Å²) in [7, 11) is 4.31. The first kappa shape index (κ1) is 13.7. The zero-order valence-corrected chi connectivity index (χ0v) is 11.9. The molecule has 0 bridgehead atoms. The van der Waals surface area contributed by atoms with Crippen molar-refractivity contribution in [2.45, 2.75) is 57.0 Å². The van der Waals surface area contributed by atoms with Crippen molar-refractivity contribution < 1.29 is 0 Å². The average molecular weight is 252 g/mol. The van der Waals surface area contributed by atoms with Crippen LogP contribution >= 0.6 is 0 Å². The summed E-state index contributed by atoms with van der Waals surface area (Å²) in [5.74, 6) is 0.786. The molecular weight excluding hydrogens is 224 g/mol. The molecule has 0 aromatic rings. The fourth-order valence-electron chi connectivity index (χ4n) is 3.06. The summed E-state index contributed by atoms with van der Waals surface area (Å²) < 4.78 is 0. The van der Waals surface area contributed by atoms with Gasteiger partial charge in [0, 0.05) is 19.1 Å². The highest BCUT2D eigenvalue weighted by Crippen LogP contribution is 2.21. The minimum atomic E-state index is 0.485. The van der Waals surface area contributed by atoms with Crippen LogP contribution in [0, 0.1) is 0 Å². The largest absolute Gasteiger partial charge is 0.370 e. The van der Waals surface area contributed by atoms with Crippen molar-refractivity contribution in [2.75, 3.05) is 27.2 Å². The van der Waals surface area contributed by atoms with E-state index in [1.807, 2.05) is 0 Å². The number of nitrogens with two attached hydrogens (primary N) is 1. The van der Waals surface area contributed by atoms with Gasteiger partial charge >= 0.3 is 0 Å². The number of likely N-dealkylation sites (tertiary alicyclic amines) is 1. The van der Waals surface area contributed by atoms with E-state index in [1.54, 1.807) is 0 Å². The van der Waals surface area contributed by atoms with Gasteiger partial charge < -0.3 is 15.5 Å². The van der Waals surface area contributed by atoms with Gasteiger partial charge in [0.15, 0.2) is 5.96 Å². The van der Waals surface area contributed by atoms with Gasteiger partial charge in [-0.1, -0.05) is 19.3 Å². The summed E-state index contributed by atoms with van der Waals surface area (Å²) in [6, 6.07) is 1.11. The first-order chi connectivity index (χ1) is 8.66. The average Bonchev–Trinajstić information content (AvgIpc) is 2.40. The Balaban J connectivity index is 1.90. The van der Waals surface area contributed by atoms with Gasteiger partial charge in [-0.05, 0) is 39.8 Å². The lowest BCUT2D eigenvalue weighted by Gasteiger charge is -2.37. The van der Waals surface area contributed by atoms with E-state index in [-0.39, 0.29) is 0 Å². The highest BCUT2D eigenvalue weighted by atomic mass is 15.3. The molecule has 0 amide bonds. The fourth-order valence-corrected chi connectivity index (χ4v) is 3.06. The zero-order chi connectivity index (χ0) is 13.0. The van der Waals surface area contributed by atoms with Crippen molar-refractivity contribution in [3.63, 3.8) is 0 Å². The van der Waals surface area contributed by atoms with Gasteiger partial charge in [-0.2, -0.15) is 0 Å². The molecule has 2 N–H and O–H groups in total. The van der Waals surface area contributed by atoms with Gasteiger partial charge in [0.1, 0.15) is 0 Å². The van der Waals surface area contributed by atoms with Crippen LogP contribution in [-0.2, 0) is 0 Å². The molecule has 1 aliphatic carbocycles. The number of guanidine groups is 1. The Morgan fingerprint density at radius 2 is 1.83 bits per heavy atom. The highest BCUT2D eigenvalue weighted by molar-refractivity contribution is 5.78. The number of piperidine rings is 1. The van der Waals surface area contributed by atoms with Crippen molar-refractivity contribution in [3.8, 4) is 0 Å². The van der Waals surface area contributed by atoms with Crippen LogP contribution in [0.25, 0.3) is 0 Å². The molecule has 0 radical (unpaired) electrons. The van der Waals surface area contributed by atoms with Gasteiger partial charge in [0.05, 0.1) is 6.04 Å². The summed E-state index contributed by atoms with van der Waals surface area (Å²) in [6.45, 7) is 2.11. The van der Waals surface area contributed by atoms with E-state index in [0.717, 1.165) is 19.0 Å². The van der Waals surface area contributed by atoms with Crippen molar-refractivity contribution in [2.24, 2.45) is 10.7 Å². The Kier molecular flexibility index (Phi) is 4.87. The molecule has 1 saturated carbocycles. The quantitative estimate of drug-likeness (QED) is 0.600. The smallest absolute Gasteiger partial charge is 0.191 e. The van der Waals surface area contributed by atoms with Crippen LogP contribution in [0.15, 0.2) is 4.99 Å². The van der Waals surface area contributed by atoms with Crippen LogP contribution in [0.1, 0.15) is 44.9 Å². The second-order valence-corrected chi connectivity index (χ2v) is 5.98. The minimum absolute atomic E-state index is 0.485. The molecule has 1 atom stereocenters. The Morgan fingerprint density at radius 3 is 2.50 bits per heavy atom. The van der Waals surface area contributed by atoms with Crippen LogP contribution in [0.5, 0.6) is 0 Å². The molecule has 0 aromatic carbocycles. The zero-order valence-electron chi connectivity index (χ0n) is 11.9. The molecule has 4 nitrogen and oxygen atoms in total. The van der Waals surface area contributed by atoms with Crippen molar-refractivity contribution in [1.29, 1.82) is 0 Å². The van der Waals surface area contributed by atoms with Crippen molar-refractivity contribution in [3.05, 3.63) is 0 Å². The lowest BCUT2D eigenvalue weighted by molar-refractivity contribution is 0.182. The number of hydrogen-bond acceptors (Lipinski definition) is 2. The number of likely N-dealkylation sites (N-methyl/N-ethyl adjacent to an activating group) is 1. The maximum atomic E-state index is 6.20. The SMILES string of the molecule is CN(C)C1CCCN(C(N)=NC2CCCCC2)C1. The monoisotopic (exact) mass is 252 g/mol. The molecule has 1 heterocycles. The van der Waals surface area contributed by atoms with Crippen LogP contribution in [0.3, 0.4) is 0 Å². The Morgan fingerprint density at radius 1 is 1.11 bits per heavy atom. The number of hydrogen-bond donors (Lipinski definition) is 1.